The summed E-state index contributed by atoms with van der Waals surface area (Å²) in [6.07, 6.45) is 4.74. The summed E-state index contributed by atoms with van der Waals surface area (Å²) in [4.78, 5) is 14.7. The van der Waals surface area contributed by atoms with Gasteiger partial charge in [-0.2, -0.15) is 4.39 Å². The Hall–Kier alpha value is -2.27. The molecule has 0 spiro atoms. The van der Waals surface area contributed by atoms with E-state index in [4.69, 9.17) is 11.6 Å². The van der Waals surface area contributed by atoms with E-state index in [0.29, 0.717) is 17.0 Å². The van der Waals surface area contributed by atoms with Crippen LogP contribution in [0.25, 0.3) is 22.5 Å². The summed E-state index contributed by atoms with van der Waals surface area (Å²) in [5.41, 5.74) is 2.70. The van der Waals surface area contributed by atoms with E-state index in [1.54, 1.807) is 24.5 Å². The fourth-order valence-corrected chi connectivity index (χ4v) is 2.00. The lowest BCUT2D eigenvalue weighted by Crippen LogP contribution is -1.87. The highest BCUT2D eigenvalue weighted by atomic mass is 35.5. The molecule has 0 aliphatic carbocycles. The molecule has 3 heterocycles. The van der Waals surface area contributed by atoms with E-state index in [1.165, 1.54) is 12.3 Å². The molecule has 0 radical (unpaired) electrons. The molecule has 0 saturated carbocycles. The van der Waals surface area contributed by atoms with Gasteiger partial charge in [0.25, 0.3) is 0 Å². The van der Waals surface area contributed by atoms with Crippen molar-refractivity contribution in [2.45, 2.75) is 0 Å². The van der Waals surface area contributed by atoms with Gasteiger partial charge in [0.1, 0.15) is 0 Å². The van der Waals surface area contributed by atoms with Gasteiger partial charge in [-0.05, 0) is 29.8 Å². The van der Waals surface area contributed by atoms with Crippen LogP contribution in [0.4, 0.5) is 4.39 Å². The van der Waals surface area contributed by atoms with Crippen LogP contribution in [0.5, 0.6) is 0 Å². The molecular formula is C13H8ClFN4. The number of hydrogen-bond acceptors (Lipinski definition) is 3. The Morgan fingerprint density at radius 1 is 1.16 bits per heavy atom. The predicted molar refractivity (Wildman–Crippen MR) is 70.0 cm³/mol. The Kier molecular flexibility index (Phi) is 2.97. The Bertz CT molecular complexity index is 712. The smallest absolute Gasteiger partial charge is 0.213 e. The molecule has 0 aliphatic rings. The van der Waals surface area contributed by atoms with E-state index >= 15 is 0 Å². The lowest BCUT2D eigenvalue weighted by Gasteiger charge is -2.02. The van der Waals surface area contributed by atoms with Crippen LogP contribution >= 0.6 is 11.6 Å². The number of pyridine rings is 2. The van der Waals surface area contributed by atoms with Crippen molar-refractivity contribution in [2.75, 3.05) is 0 Å². The van der Waals surface area contributed by atoms with Gasteiger partial charge in [0.2, 0.25) is 11.2 Å². The van der Waals surface area contributed by atoms with Gasteiger partial charge in [0.05, 0.1) is 11.4 Å². The van der Waals surface area contributed by atoms with Crippen LogP contribution in [0.2, 0.25) is 5.28 Å². The normalized spacial score (nSPS) is 10.6. The minimum absolute atomic E-state index is 0.242. The number of H-pyrrole nitrogens is 1. The van der Waals surface area contributed by atoms with E-state index in [2.05, 4.69) is 19.9 Å². The van der Waals surface area contributed by atoms with Gasteiger partial charge in [-0.15, -0.1) is 0 Å². The number of aromatic amines is 1. The van der Waals surface area contributed by atoms with Crippen molar-refractivity contribution in [1.29, 1.82) is 0 Å². The third-order valence-corrected chi connectivity index (χ3v) is 2.80. The maximum absolute atomic E-state index is 13.2. The molecule has 0 saturated heterocycles. The van der Waals surface area contributed by atoms with Crippen LogP contribution in [-0.2, 0) is 0 Å². The van der Waals surface area contributed by atoms with Crippen LogP contribution in [-0.4, -0.2) is 19.9 Å². The van der Waals surface area contributed by atoms with Gasteiger partial charge in [0.15, 0.2) is 0 Å². The predicted octanol–water partition coefficient (Wildman–Crippen LogP) is 3.33. The molecule has 0 fully saturated rings. The lowest BCUT2D eigenvalue weighted by molar-refractivity contribution is 0.584. The summed E-state index contributed by atoms with van der Waals surface area (Å²) < 4.78 is 13.2. The van der Waals surface area contributed by atoms with Gasteiger partial charge in [-0.1, -0.05) is 0 Å². The van der Waals surface area contributed by atoms with Crippen molar-refractivity contribution in [3.63, 3.8) is 0 Å². The number of rotatable bonds is 2. The summed E-state index contributed by atoms with van der Waals surface area (Å²) in [6, 6.07) is 6.67. The van der Waals surface area contributed by atoms with Crippen molar-refractivity contribution in [1.82, 2.24) is 19.9 Å². The Labute approximate surface area is 113 Å². The summed E-state index contributed by atoms with van der Waals surface area (Å²) in [5.74, 6) is -0.555. The molecule has 0 atom stereocenters. The summed E-state index contributed by atoms with van der Waals surface area (Å²) in [5, 5.41) is 0.242. The van der Waals surface area contributed by atoms with Crippen molar-refractivity contribution >= 4 is 11.6 Å². The van der Waals surface area contributed by atoms with Crippen molar-refractivity contribution in [3.05, 3.63) is 54.1 Å². The van der Waals surface area contributed by atoms with E-state index < -0.39 is 5.95 Å². The first-order valence-corrected chi connectivity index (χ1v) is 5.89. The largest absolute Gasteiger partial charge is 0.328 e. The molecule has 0 amide bonds. The maximum Gasteiger partial charge on any atom is 0.213 e. The zero-order valence-electron chi connectivity index (χ0n) is 9.64. The first kappa shape index (κ1) is 11.8. The molecule has 94 valence electrons. The second-order valence-electron chi connectivity index (χ2n) is 3.86. The van der Waals surface area contributed by atoms with Gasteiger partial charge in [0, 0.05) is 35.8 Å². The van der Waals surface area contributed by atoms with E-state index in [1.807, 2.05) is 6.07 Å². The van der Waals surface area contributed by atoms with Crippen LogP contribution in [0.1, 0.15) is 0 Å². The van der Waals surface area contributed by atoms with Crippen molar-refractivity contribution < 1.29 is 4.39 Å². The first-order chi connectivity index (χ1) is 9.24. The number of nitrogens with one attached hydrogen (secondary N) is 1. The zero-order valence-corrected chi connectivity index (χ0v) is 10.4. The zero-order chi connectivity index (χ0) is 13.2. The van der Waals surface area contributed by atoms with Crippen LogP contribution in [0.15, 0.2) is 42.9 Å². The monoisotopic (exact) mass is 274 g/mol. The second-order valence-corrected chi connectivity index (χ2v) is 4.22. The standard InChI is InChI=1S/C13H8ClFN4/c14-13-18-11(8-3-5-17-10(15)6-8)12(19-13)9-2-1-4-16-7-9/h1-7H,(H,18,19). The van der Waals surface area contributed by atoms with Crippen LogP contribution in [0, 0.1) is 5.95 Å². The Morgan fingerprint density at radius 2 is 2.05 bits per heavy atom. The van der Waals surface area contributed by atoms with Crippen LogP contribution < -0.4 is 0 Å². The third-order valence-electron chi connectivity index (χ3n) is 2.63. The number of hydrogen-bond donors (Lipinski definition) is 1. The first-order valence-electron chi connectivity index (χ1n) is 5.52. The van der Waals surface area contributed by atoms with Crippen molar-refractivity contribution in [2.24, 2.45) is 0 Å². The molecule has 3 aromatic rings. The molecule has 0 bridgehead atoms. The van der Waals surface area contributed by atoms with Crippen LogP contribution in [0.3, 0.4) is 0 Å². The molecule has 19 heavy (non-hydrogen) atoms. The van der Waals surface area contributed by atoms with Gasteiger partial charge < -0.3 is 4.98 Å². The SMILES string of the molecule is Fc1cc(-c2[nH]c(Cl)nc2-c2cccnc2)ccn1. The second kappa shape index (κ2) is 4.78. The average molecular weight is 275 g/mol. The summed E-state index contributed by atoms with van der Waals surface area (Å²) in [7, 11) is 0. The Balaban J connectivity index is 2.18. The average Bonchev–Trinajstić information content (AvgIpc) is 2.82. The highest BCUT2D eigenvalue weighted by molar-refractivity contribution is 6.28. The fraction of sp³-hybridized carbons (Fsp3) is 0. The van der Waals surface area contributed by atoms with E-state index in [9.17, 15) is 4.39 Å². The highest BCUT2D eigenvalue weighted by Crippen LogP contribution is 2.30. The minimum atomic E-state index is -0.555. The summed E-state index contributed by atoms with van der Waals surface area (Å²) in [6.45, 7) is 0. The van der Waals surface area contributed by atoms with Gasteiger partial charge in [-0.25, -0.2) is 9.97 Å². The topological polar surface area (TPSA) is 54.5 Å². The molecule has 0 unspecified atom stereocenters. The molecule has 3 aromatic heterocycles. The van der Waals surface area contributed by atoms with E-state index in [0.717, 1.165) is 5.56 Å². The fourth-order valence-electron chi connectivity index (χ4n) is 1.82. The molecule has 0 aliphatic heterocycles. The molecule has 1 N–H and O–H groups in total. The Morgan fingerprint density at radius 3 is 2.79 bits per heavy atom. The molecule has 3 rings (SSSR count). The number of aromatic nitrogens is 4. The third kappa shape index (κ3) is 2.32. The number of nitrogens with zero attached hydrogens (tertiary/aromatic N) is 3. The maximum atomic E-state index is 13.2. The summed E-state index contributed by atoms with van der Waals surface area (Å²) >= 11 is 5.91. The van der Waals surface area contributed by atoms with Gasteiger partial charge >= 0.3 is 0 Å². The molecule has 6 heteroatoms. The quantitative estimate of drug-likeness (QED) is 0.729. The van der Waals surface area contributed by atoms with E-state index in [-0.39, 0.29) is 5.28 Å². The molecule has 4 nitrogen and oxygen atoms in total. The van der Waals surface area contributed by atoms with Crippen molar-refractivity contribution in [3.8, 4) is 22.5 Å². The highest BCUT2D eigenvalue weighted by Gasteiger charge is 2.14. The lowest BCUT2D eigenvalue weighted by atomic mass is 10.1. The molecule has 0 aromatic carbocycles. The van der Waals surface area contributed by atoms with Gasteiger partial charge in [-0.3, -0.25) is 4.98 Å². The number of imidazole rings is 1. The molecular weight excluding hydrogens is 267 g/mol. The minimum Gasteiger partial charge on any atom is -0.328 e. The number of halogens is 2.